The lowest BCUT2D eigenvalue weighted by molar-refractivity contribution is 0.606. The third-order valence-electron chi connectivity index (χ3n) is 8.46. The number of H-pyrrole nitrogens is 2. The fourth-order valence-corrected chi connectivity index (χ4v) is 6.44. The van der Waals surface area contributed by atoms with Gasteiger partial charge in [-0.05, 0) is 83.8 Å². The molecule has 6 heteroatoms. The highest BCUT2D eigenvalue weighted by Crippen LogP contribution is 2.41. The number of hydrogen-bond donors (Lipinski definition) is 2. The third-order valence-corrected chi connectivity index (χ3v) is 8.46. The first-order valence-corrected chi connectivity index (χ1v) is 14.8. The molecule has 2 N–H and O–H groups in total. The van der Waals surface area contributed by atoms with Crippen molar-refractivity contribution in [2.24, 2.45) is 0 Å². The van der Waals surface area contributed by atoms with Gasteiger partial charge in [0.1, 0.15) is 11.3 Å². The van der Waals surface area contributed by atoms with E-state index in [9.17, 15) is 9.59 Å². The van der Waals surface area contributed by atoms with Crippen LogP contribution >= 0.6 is 0 Å². The van der Waals surface area contributed by atoms with E-state index in [1.807, 2.05) is 55.5 Å². The number of hydrogen-bond acceptors (Lipinski definition) is 3. The van der Waals surface area contributed by atoms with Crippen LogP contribution in [0, 0.1) is 0 Å². The summed E-state index contributed by atoms with van der Waals surface area (Å²) < 4.78 is 8.80. The van der Waals surface area contributed by atoms with Gasteiger partial charge in [-0.25, -0.2) is 4.79 Å². The molecule has 3 aromatic heterocycles. The van der Waals surface area contributed by atoms with E-state index in [1.54, 1.807) is 6.07 Å². The number of nitrogens with one attached hydrogen (secondary N) is 2. The summed E-state index contributed by atoms with van der Waals surface area (Å²) in [6.45, 7) is 6.04. The third kappa shape index (κ3) is 4.18. The van der Waals surface area contributed by atoms with Gasteiger partial charge < -0.3 is 14.0 Å². The van der Waals surface area contributed by atoms with Gasteiger partial charge in [-0.1, -0.05) is 73.3 Å². The summed E-state index contributed by atoms with van der Waals surface area (Å²) in [6.07, 6.45) is 5.82. The van der Waals surface area contributed by atoms with E-state index >= 15 is 0 Å². The number of benzene rings is 5. The van der Waals surface area contributed by atoms with Crippen molar-refractivity contribution in [3.05, 3.63) is 148 Å². The van der Waals surface area contributed by atoms with Crippen molar-refractivity contribution in [3.8, 4) is 27.9 Å². The van der Waals surface area contributed by atoms with E-state index < -0.39 is 11.2 Å². The molecule has 0 saturated heterocycles. The maximum atomic E-state index is 12.5. The zero-order chi connectivity index (χ0) is 30.7. The van der Waals surface area contributed by atoms with Gasteiger partial charge in [-0.3, -0.25) is 9.78 Å². The Morgan fingerprint density at radius 3 is 2.22 bits per heavy atom. The summed E-state index contributed by atoms with van der Waals surface area (Å²) in [5.74, 6) is 0.797. The second-order valence-electron chi connectivity index (χ2n) is 11.1. The van der Waals surface area contributed by atoms with Crippen LogP contribution in [0.5, 0.6) is 0 Å². The van der Waals surface area contributed by atoms with Crippen LogP contribution in [0.25, 0.3) is 83.8 Å². The number of rotatable bonds is 5. The summed E-state index contributed by atoms with van der Waals surface area (Å²) in [6, 6.07) is 35.0. The summed E-state index contributed by atoms with van der Waals surface area (Å²) in [7, 11) is 0. The SMILES string of the molecule is C=Cc1c(/C=C\C)oc2c1ccc1c2c2ccc(-c3cccc(-c4ccc5[nH]c(=O)[nH]c(=O)c5c4)c3)cc2n1-c1ccccc1. The molecule has 0 aliphatic carbocycles. The quantitative estimate of drug-likeness (QED) is 0.211. The molecular weight excluding hydrogens is 558 g/mol. The van der Waals surface area contributed by atoms with Gasteiger partial charge in [-0.2, -0.15) is 0 Å². The van der Waals surface area contributed by atoms with Gasteiger partial charge in [0.25, 0.3) is 5.56 Å². The van der Waals surface area contributed by atoms with Crippen molar-refractivity contribution in [2.75, 3.05) is 0 Å². The Hall–Kier alpha value is -6.14. The number of para-hydroxylation sites is 1. The van der Waals surface area contributed by atoms with Crippen molar-refractivity contribution in [1.29, 1.82) is 0 Å². The van der Waals surface area contributed by atoms with Crippen molar-refractivity contribution in [3.63, 3.8) is 0 Å². The molecule has 8 aromatic rings. The molecule has 0 atom stereocenters. The van der Waals surface area contributed by atoms with E-state index in [2.05, 4.69) is 87.8 Å². The lowest BCUT2D eigenvalue weighted by atomic mass is 9.97. The number of allylic oxidation sites excluding steroid dienone is 1. The first kappa shape index (κ1) is 26.5. The Morgan fingerprint density at radius 1 is 0.711 bits per heavy atom. The van der Waals surface area contributed by atoms with Crippen molar-refractivity contribution < 1.29 is 4.42 Å². The summed E-state index contributed by atoms with van der Waals surface area (Å²) in [4.78, 5) is 29.2. The Kier molecular flexibility index (Phi) is 6.03. The first-order chi connectivity index (χ1) is 22.0. The van der Waals surface area contributed by atoms with Gasteiger partial charge in [0.15, 0.2) is 0 Å². The smallest absolute Gasteiger partial charge is 0.326 e. The molecule has 0 radical (unpaired) electrons. The van der Waals surface area contributed by atoms with Crippen LogP contribution in [0.1, 0.15) is 18.2 Å². The van der Waals surface area contributed by atoms with Gasteiger partial charge in [-0.15, -0.1) is 0 Å². The van der Waals surface area contributed by atoms with Crippen molar-refractivity contribution in [2.45, 2.75) is 6.92 Å². The average Bonchev–Trinajstić information content (AvgIpc) is 3.59. The Labute approximate surface area is 257 Å². The van der Waals surface area contributed by atoms with Crippen LogP contribution < -0.4 is 11.2 Å². The molecule has 0 bridgehead atoms. The topological polar surface area (TPSA) is 83.8 Å². The number of nitrogens with zero attached hydrogens (tertiary/aromatic N) is 1. The molecule has 0 spiro atoms. The highest BCUT2D eigenvalue weighted by molar-refractivity contribution is 6.21. The molecule has 3 heterocycles. The number of aromatic nitrogens is 3. The molecule has 5 aromatic carbocycles. The lowest BCUT2D eigenvalue weighted by Gasteiger charge is -2.10. The van der Waals surface area contributed by atoms with E-state index in [0.717, 1.165) is 72.0 Å². The molecule has 0 unspecified atom stereocenters. The van der Waals surface area contributed by atoms with Crippen LogP contribution in [-0.2, 0) is 0 Å². The fourth-order valence-electron chi connectivity index (χ4n) is 6.44. The standard InChI is InChI=1S/C39H27N3O3/c1-3-9-35-28(4-2)29-17-19-33-36(37(29)45-35)30-16-14-26(22-34(30)42(33)27-12-6-5-7-13-27)24-11-8-10-23(20-24)25-15-18-32-31(21-25)38(43)41-39(44)40-32/h3-22H,2H2,1H3,(H2,40,41,43,44)/b9-3-. The van der Waals surface area contributed by atoms with Gasteiger partial charge >= 0.3 is 5.69 Å². The number of aromatic amines is 2. The molecule has 45 heavy (non-hydrogen) atoms. The van der Waals surface area contributed by atoms with Crippen LogP contribution in [0.2, 0.25) is 0 Å². The predicted molar refractivity (Wildman–Crippen MR) is 185 cm³/mol. The second-order valence-corrected chi connectivity index (χ2v) is 11.1. The Morgan fingerprint density at radius 2 is 1.44 bits per heavy atom. The number of fused-ring (bicyclic) bond motifs is 6. The highest BCUT2D eigenvalue weighted by atomic mass is 16.3. The van der Waals surface area contributed by atoms with Crippen LogP contribution in [0.4, 0.5) is 0 Å². The van der Waals surface area contributed by atoms with E-state index in [-0.39, 0.29) is 0 Å². The molecule has 0 aliphatic heterocycles. The monoisotopic (exact) mass is 585 g/mol. The van der Waals surface area contributed by atoms with E-state index in [1.165, 1.54) is 0 Å². The van der Waals surface area contributed by atoms with Gasteiger partial charge in [0.2, 0.25) is 0 Å². The Bertz CT molecular complexity index is 2610. The average molecular weight is 586 g/mol. The molecule has 8 rings (SSSR count). The van der Waals surface area contributed by atoms with Crippen molar-refractivity contribution >= 4 is 55.8 Å². The molecule has 0 fully saturated rings. The molecule has 0 amide bonds. The van der Waals surface area contributed by atoms with Crippen LogP contribution in [0.3, 0.4) is 0 Å². The molecule has 6 nitrogen and oxygen atoms in total. The van der Waals surface area contributed by atoms with Crippen LogP contribution in [0.15, 0.2) is 130 Å². The normalized spacial score (nSPS) is 11.8. The zero-order valence-corrected chi connectivity index (χ0v) is 24.4. The molecule has 216 valence electrons. The second kappa shape index (κ2) is 10.2. The van der Waals surface area contributed by atoms with E-state index in [4.69, 9.17) is 4.42 Å². The lowest BCUT2D eigenvalue weighted by Crippen LogP contribution is -2.21. The minimum absolute atomic E-state index is 0.408. The van der Waals surface area contributed by atoms with Crippen LogP contribution in [-0.4, -0.2) is 14.5 Å². The maximum absolute atomic E-state index is 12.5. The molecule has 0 aliphatic rings. The van der Waals surface area contributed by atoms with Crippen molar-refractivity contribution in [1.82, 2.24) is 14.5 Å². The maximum Gasteiger partial charge on any atom is 0.326 e. The van der Waals surface area contributed by atoms with Gasteiger partial charge in [0, 0.05) is 22.0 Å². The largest absolute Gasteiger partial charge is 0.455 e. The predicted octanol–water partition coefficient (Wildman–Crippen LogP) is 9.07. The minimum Gasteiger partial charge on any atom is -0.455 e. The molecule has 0 saturated carbocycles. The highest BCUT2D eigenvalue weighted by Gasteiger charge is 2.20. The van der Waals surface area contributed by atoms with E-state index in [0.29, 0.717) is 10.9 Å². The minimum atomic E-state index is -0.516. The fraction of sp³-hybridized carbons (Fsp3) is 0.0256. The zero-order valence-electron chi connectivity index (χ0n) is 24.4. The number of furan rings is 1. The Balaban J connectivity index is 1.35. The first-order valence-electron chi connectivity index (χ1n) is 14.8. The summed E-state index contributed by atoms with van der Waals surface area (Å²) in [5.41, 5.74) is 8.56. The van der Waals surface area contributed by atoms with Gasteiger partial charge in [0.05, 0.1) is 27.3 Å². The molecular formula is C39H27N3O3. The summed E-state index contributed by atoms with van der Waals surface area (Å²) >= 11 is 0. The summed E-state index contributed by atoms with van der Waals surface area (Å²) in [5, 5.41) is 3.63.